The molecule has 32 heavy (non-hydrogen) atoms. The van der Waals surface area contributed by atoms with Crippen molar-refractivity contribution in [3.05, 3.63) is 35.4 Å². The lowest BCUT2D eigenvalue weighted by Crippen LogP contribution is -2.48. The van der Waals surface area contributed by atoms with Gasteiger partial charge in [0.05, 0.1) is 53.4 Å². The van der Waals surface area contributed by atoms with Gasteiger partial charge in [0.25, 0.3) is 0 Å². The fraction of sp³-hybridized carbons (Fsp3) is 0.800. The molecule has 1 aromatic carbocycles. The van der Waals surface area contributed by atoms with Crippen LogP contribution in [0.25, 0.3) is 0 Å². The zero-order valence-corrected chi connectivity index (χ0v) is 21.8. The first-order chi connectivity index (χ1) is 15.6. The molecule has 2 aliphatic rings. The lowest BCUT2D eigenvalue weighted by molar-refractivity contribution is -0.914. The van der Waals surface area contributed by atoms with Gasteiger partial charge in [-0.3, -0.25) is 0 Å². The van der Waals surface area contributed by atoms with Crippen LogP contribution < -0.4 is 0 Å². The highest BCUT2D eigenvalue weighted by Gasteiger charge is 2.24. The number of piperidine rings is 2. The summed E-state index contributed by atoms with van der Waals surface area (Å²) < 4.78 is 2.69. The van der Waals surface area contributed by atoms with Crippen LogP contribution in [0.4, 0.5) is 0 Å². The first-order valence-electron chi connectivity index (χ1n) is 14.3. The average molecular weight is 443 g/mol. The fourth-order valence-electron chi connectivity index (χ4n) is 6.22. The molecule has 0 atom stereocenters. The van der Waals surface area contributed by atoms with E-state index >= 15 is 0 Å². The molecule has 2 aliphatic heterocycles. The van der Waals surface area contributed by atoms with Gasteiger partial charge in [0.1, 0.15) is 0 Å². The maximum Gasteiger partial charge on any atom is 0.0784 e. The van der Waals surface area contributed by atoms with E-state index in [4.69, 9.17) is 0 Å². The van der Waals surface area contributed by atoms with Crippen molar-refractivity contribution in [2.75, 3.05) is 53.4 Å². The van der Waals surface area contributed by atoms with Gasteiger partial charge in [-0.05, 0) is 101 Å². The minimum atomic E-state index is 1.27. The number of hydrogen-bond acceptors (Lipinski definition) is 0. The molecule has 1 aromatic rings. The van der Waals surface area contributed by atoms with Gasteiger partial charge >= 0.3 is 0 Å². The molecular formula is C30H54N2+2. The minimum absolute atomic E-state index is 1.27. The number of nitrogens with zero attached hydrogens (tertiary/aromatic N) is 2. The highest BCUT2D eigenvalue weighted by Crippen LogP contribution is 2.19. The van der Waals surface area contributed by atoms with Crippen molar-refractivity contribution in [2.24, 2.45) is 0 Å². The zero-order valence-electron chi connectivity index (χ0n) is 21.8. The molecule has 0 radical (unpaired) electrons. The van der Waals surface area contributed by atoms with Crippen LogP contribution >= 0.6 is 0 Å². The highest BCUT2D eigenvalue weighted by molar-refractivity contribution is 5.22. The number of quaternary nitrogens is 2. The van der Waals surface area contributed by atoms with Gasteiger partial charge in [0.15, 0.2) is 0 Å². The van der Waals surface area contributed by atoms with Crippen LogP contribution in [0.5, 0.6) is 0 Å². The van der Waals surface area contributed by atoms with E-state index in [1.54, 1.807) is 11.1 Å². The molecule has 0 aliphatic carbocycles. The predicted octanol–water partition coefficient (Wildman–Crippen LogP) is 7.15. The number of benzene rings is 1. The van der Waals surface area contributed by atoms with Crippen LogP contribution in [0.1, 0.15) is 101 Å². The van der Waals surface area contributed by atoms with Crippen LogP contribution in [0.15, 0.2) is 24.3 Å². The Hall–Kier alpha value is -0.860. The molecule has 0 unspecified atom stereocenters. The Balaban J connectivity index is 1.18. The molecular weight excluding hydrogens is 388 g/mol. The van der Waals surface area contributed by atoms with Gasteiger partial charge in [0.2, 0.25) is 0 Å². The molecule has 0 amide bonds. The van der Waals surface area contributed by atoms with Crippen molar-refractivity contribution in [3.8, 4) is 0 Å². The molecule has 2 fully saturated rings. The molecule has 0 bridgehead atoms. The third-order valence-corrected chi connectivity index (χ3v) is 8.64. The van der Waals surface area contributed by atoms with Gasteiger partial charge in [-0.2, -0.15) is 0 Å². The lowest BCUT2D eigenvalue weighted by atomic mass is 10.0. The third-order valence-electron chi connectivity index (χ3n) is 8.64. The second-order valence-electron chi connectivity index (χ2n) is 11.8. The van der Waals surface area contributed by atoms with Gasteiger partial charge in [0, 0.05) is 0 Å². The van der Waals surface area contributed by atoms with E-state index in [9.17, 15) is 0 Å². The summed E-state index contributed by atoms with van der Waals surface area (Å²) in [6.45, 7) is 8.51. The predicted molar refractivity (Wildman–Crippen MR) is 140 cm³/mol. The van der Waals surface area contributed by atoms with Gasteiger partial charge in [-0.25, -0.2) is 0 Å². The molecule has 0 aromatic heterocycles. The van der Waals surface area contributed by atoms with Gasteiger partial charge in [-0.1, -0.05) is 37.1 Å². The van der Waals surface area contributed by atoms with Crippen LogP contribution in [0, 0.1) is 0 Å². The normalized spacial score (nSPS) is 20.3. The number of unbranched alkanes of at least 4 members (excludes halogenated alkanes) is 6. The lowest BCUT2D eigenvalue weighted by Gasteiger charge is -2.37. The van der Waals surface area contributed by atoms with E-state index in [1.165, 1.54) is 151 Å². The Bertz CT molecular complexity index is 553. The van der Waals surface area contributed by atoms with Crippen LogP contribution in [-0.4, -0.2) is 62.3 Å². The summed E-state index contributed by atoms with van der Waals surface area (Å²) in [7, 11) is 4.97. The van der Waals surface area contributed by atoms with E-state index in [0.29, 0.717) is 0 Å². The SMILES string of the molecule is C[N+]1(CCCCCCc2ccc(CCCCCC[N+]3(C)CCCCC3)cc2)CCCCC1. The minimum Gasteiger partial charge on any atom is -0.326 e. The standard InChI is InChI=1S/C30H54N2/c1-31(25-13-7-14-26-31)23-11-5-3-9-17-29-19-21-30(22-20-29)18-10-4-6-12-24-32(2)27-15-8-16-28-32/h19-22H,3-18,23-28H2,1-2H3/q+2. The second kappa shape index (κ2) is 13.8. The van der Waals surface area contributed by atoms with E-state index in [-0.39, 0.29) is 0 Å². The van der Waals surface area contributed by atoms with Crippen molar-refractivity contribution in [3.63, 3.8) is 0 Å². The molecule has 2 nitrogen and oxygen atoms in total. The van der Waals surface area contributed by atoms with Crippen LogP contribution in [0.3, 0.4) is 0 Å². The Morgan fingerprint density at radius 1 is 0.469 bits per heavy atom. The topological polar surface area (TPSA) is 0 Å². The monoisotopic (exact) mass is 442 g/mol. The summed E-state index contributed by atoms with van der Waals surface area (Å²) in [6.07, 6.45) is 22.5. The summed E-state index contributed by atoms with van der Waals surface area (Å²) in [5.41, 5.74) is 3.09. The number of likely N-dealkylation sites (tertiary alicyclic amines) is 2. The summed E-state index contributed by atoms with van der Waals surface area (Å²) in [4.78, 5) is 0. The zero-order chi connectivity index (χ0) is 22.5. The maximum absolute atomic E-state index is 2.48. The molecule has 2 heteroatoms. The Morgan fingerprint density at radius 2 is 0.812 bits per heavy atom. The van der Waals surface area contributed by atoms with Crippen molar-refractivity contribution in [1.29, 1.82) is 0 Å². The van der Waals surface area contributed by atoms with Crippen molar-refractivity contribution < 1.29 is 8.97 Å². The molecule has 0 saturated carbocycles. The summed E-state index contributed by atoms with van der Waals surface area (Å²) in [6, 6.07) is 9.60. The highest BCUT2D eigenvalue weighted by atomic mass is 15.3. The summed E-state index contributed by atoms with van der Waals surface area (Å²) in [5, 5.41) is 0. The van der Waals surface area contributed by atoms with Gasteiger partial charge < -0.3 is 8.97 Å². The van der Waals surface area contributed by atoms with Crippen molar-refractivity contribution >= 4 is 0 Å². The molecule has 3 rings (SSSR count). The Morgan fingerprint density at radius 3 is 1.19 bits per heavy atom. The Labute approximate surface area is 200 Å². The van der Waals surface area contributed by atoms with Crippen molar-refractivity contribution in [1.82, 2.24) is 0 Å². The summed E-state index contributed by atoms with van der Waals surface area (Å²) in [5.74, 6) is 0. The van der Waals surface area contributed by atoms with E-state index in [2.05, 4.69) is 38.4 Å². The Kier molecular flexibility index (Phi) is 11.1. The number of aryl methyl sites for hydroxylation is 2. The second-order valence-corrected chi connectivity index (χ2v) is 11.8. The number of hydrogen-bond donors (Lipinski definition) is 0. The first-order valence-corrected chi connectivity index (χ1v) is 14.3. The fourth-order valence-corrected chi connectivity index (χ4v) is 6.22. The van der Waals surface area contributed by atoms with Crippen LogP contribution in [0.2, 0.25) is 0 Å². The smallest absolute Gasteiger partial charge is 0.0784 e. The molecule has 2 saturated heterocycles. The first kappa shape index (κ1) is 25.8. The van der Waals surface area contributed by atoms with Crippen molar-refractivity contribution in [2.45, 2.75) is 103 Å². The maximum atomic E-state index is 2.48. The largest absolute Gasteiger partial charge is 0.326 e. The molecule has 182 valence electrons. The van der Waals surface area contributed by atoms with E-state index in [1.807, 2.05) is 0 Å². The number of rotatable bonds is 14. The van der Waals surface area contributed by atoms with Gasteiger partial charge in [-0.15, -0.1) is 0 Å². The third kappa shape index (κ3) is 9.56. The average Bonchev–Trinajstić information content (AvgIpc) is 2.80. The molecule has 0 N–H and O–H groups in total. The van der Waals surface area contributed by atoms with E-state index < -0.39 is 0 Å². The molecule has 2 heterocycles. The quantitative estimate of drug-likeness (QED) is 0.212. The van der Waals surface area contributed by atoms with E-state index in [0.717, 1.165) is 0 Å². The van der Waals surface area contributed by atoms with Crippen LogP contribution in [-0.2, 0) is 12.8 Å². The molecule has 0 spiro atoms. The summed E-state index contributed by atoms with van der Waals surface area (Å²) >= 11 is 0.